The standard InChI is InChI=1S/C72H107N15O19/c1-13-39(8)51-65(99)85-52(40(9)89)64(98)77-34-50(90)83-54(57(92)59(73)93)67(101)81-49(35-88)69(103)105-58(44-23-18-15-19-24-44)55(68(102)86-53(56(91)38(6)7)66(100)80-46(31-36(2)3)61(95)78-45(60(94)84-51)25-20-30-76-70(74)75)87-63(97)47(32-37(4)5)79-62(96)48(82-71(104)106-72(10,11)12)33-41-26-28-43(29-27-41)42-21-16-14-17-22-42/h14-19,21-24,26-29,36-40,45-49,51-58,88-89,91-92H,13,20,25,30-35H2,1-12H3,(H2,73,93)(H,77,98)(H,78,95)(H,79,96)(H,80,100)(H,81,101)(H,82,104)(H,83,90)(H,84,94)(H,85,99)(H,86,102)(H,87,97)(H4,74,75,76)/t39-,40-,45+,46-,47-,48-,49-,51?,52?,53-,54-,55-,56+,57-,58+/m0/s1. The Labute approximate surface area is 616 Å². The normalized spacial score (nSPS) is 22.7. The summed E-state index contributed by atoms with van der Waals surface area (Å²) < 4.78 is 11.6. The minimum atomic E-state index is -2.61. The van der Waals surface area contributed by atoms with E-state index in [0.29, 0.717) is 5.56 Å². The zero-order valence-corrected chi connectivity index (χ0v) is 61.9. The number of hydrogen-bond donors (Lipinski definition) is 18. The molecule has 2 unspecified atom stereocenters. The molecule has 12 amide bonds. The van der Waals surface area contributed by atoms with E-state index in [1.165, 1.54) is 44.2 Å². The summed E-state index contributed by atoms with van der Waals surface area (Å²) in [4.78, 5) is 191. The van der Waals surface area contributed by atoms with Crippen LogP contribution < -0.4 is 75.7 Å². The molecule has 0 spiro atoms. The SMILES string of the molecule is CC[C@H](C)C1NC(=O)[C@@H](CCCN=C(N)N)NC(=O)[C@H](CC(C)C)NC(=O)[C@H]([C@H](O)C(C)C)NC(=O)[C@@H](NC(=O)[C@H](CC(C)C)NC(=O)[C@H](Cc2ccc(-c3ccccc3)cc2)NC(=O)OC(C)(C)C)[C@@H](c2ccccc2)OC(=O)[C@H](CO)NC(=O)[C@H]([C@H](O)C(N)=O)NC(=O)CNC(=O)C([C@H](C)O)NC1=O. The van der Waals surface area contributed by atoms with Crippen molar-refractivity contribution in [2.24, 2.45) is 45.9 Å². The second-order valence-electron chi connectivity index (χ2n) is 28.3. The highest BCUT2D eigenvalue weighted by atomic mass is 16.6. The highest BCUT2D eigenvalue weighted by molar-refractivity contribution is 6.00. The molecule has 0 saturated carbocycles. The summed E-state index contributed by atoms with van der Waals surface area (Å²) in [5.74, 6) is -18.0. The fourth-order valence-electron chi connectivity index (χ4n) is 11.0. The van der Waals surface area contributed by atoms with Crippen LogP contribution in [0, 0.1) is 23.7 Å². The van der Waals surface area contributed by atoms with Crippen LogP contribution in [0.15, 0.2) is 89.9 Å². The number of hydrogen-bond acceptors (Lipinski definition) is 20. The fraction of sp³-hybridized carbons (Fsp3) is 0.556. The number of guanidine groups is 1. The van der Waals surface area contributed by atoms with Crippen molar-refractivity contribution < 1.29 is 92.2 Å². The van der Waals surface area contributed by atoms with Gasteiger partial charge in [0.1, 0.15) is 60.0 Å². The van der Waals surface area contributed by atoms with Gasteiger partial charge in [0.05, 0.1) is 25.4 Å². The van der Waals surface area contributed by atoms with Gasteiger partial charge in [-0.1, -0.05) is 147 Å². The number of benzene rings is 3. The Morgan fingerprint density at radius 2 is 1.16 bits per heavy atom. The molecule has 4 rings (SSSR count). The van der Waals surface area contributed by atoms with Gasteiger partial charge in [-0.15, -0.1) is 0 Å². The van der Waals surface area contributed by atoms with Crippen LogP contribution in [0.3, 0.4) is 0 Å². The largest absolute Gasteiger partial charge is 0.453 e. The van der Waals surface area contributed by atoms with Gasteiger partial charge in [0, 0.05) is 13.0 Å². The highest BCUT2D eigenvalue weighted by Gasteiger charge is 2.44. The average Bonchev–Trinajstić information content (AvgIpc) is 0.817. The molecule has 1 heterocycles. The first kappa shape index (κ1) is 88.1. The van der Waals surface area contributed by atoms with Crippen molar-refractivity contribution in [3.05, 3.63) is 96.1 Å². The summed E-state index contributed by atoms with van der Waals surface area (Å²) in [6.07, 6.45) is -9.84. The maximum Gasteiger partial charge on any atom is 0.408 e. The van der Waals surface area contributed by atoms with Crippen LogP contribution in [-0.2, 0) is 73.4 Å². The van der Waals surface area contributed by atoms with E-state index in [-0.39, 0.29) is 56.6 Å². The van der Waals surface area contributed by atoms with E-state index >= 15 is 14.4 Å². The lowest BCUT2D eigenvalue weighted by Gasteiger charge is -2.34. The smallest absolute Gasteiger partial charge is 0.408 e. The third-order valence-electron chi connectivity index (χ3n) is 16.9. The van der Waals surface area contributed by atoms with Gasteiger partial charge in [0.15, 0.2) is 24.2 Å². The fourth-order valence-corrected chi connectivity index (χ4v) is 11.0. The van der Waals surface area contributed by atoms with Crippen LogP contribution in [0.2, 0.25) is 0 Å². The Morgan fingerprint density at radius 1 is 0.613 bits per heavy atom. The van der Waals surface area contributed by atoms with E-state index in [4.69, 9.17) is 26.7 Å². The second-order valence-corrected chi connectivity index (χ2v) is 28.3. The average molecular weight is 1490 g/mol. The number of ether oxygens (including phenoxy) is 2. The van der Waals surface area contributed by atoms with Gasteiger partial charge in [0.25, 0.3) is 0 Å². The number of aliphatic imine (C=N–C) groups is 1. The van der Waals surface area contributed by atoms with Crippen molar-refractivity contribution in [3.63, 3.8) is 0 Å². The number of nitrogens with one attached hydrogen (secondary N) is 11. The van der Waals surface area contributed by atoms with E-state index in [9.17, 15) is 68.4 Å². The van der Waals surface area contributed by atoms with Gasteiger partial charge < -0.3 is 106 Å². The Bertz CT molecular complexity index is 3520. The van der Waals surface area contributed by atoms with Crippen molar-refractivity contribution in [2.45, 2.75) is 212 Å². The number of rotatable bonds is 25. The Hall–Kier alpha value is -10.3. The summed E-state index contributed by atoms with van der Waals surface area (Å²) in [5, 5.41) is 71.4. The lowest BCUT2D eigenvalue weighted by Crippen LogP contribution is -2.64. The Kier molecular flexibility index (Phi) is 34.9. The number of carbonyl (C=O) groups is 13. The summed E-state index contributed by atoms with van der Waals surface area (Å²) in [5.41, 5.74) is 17.7. The topological polar surface area (TPSA) is 544 Å². The molecule has 3 aromatic carbocycles. The van der Waals surface area contributed by atoms with Crippen LogP contribution in [0.5, 0.6) is 0 Å². The first-order chi connectivity index (χ1) is 49.7. The maximum atomic E-state index is 15.7. The van der Waals surface area contributed by atoms with Gasteiger partial charge in [-0.3, -0.25) is 57.7 Å². The number of cyclic esters (lactones) is 1. The highest BCUT2D eigenvalue weighted by Crippen LogP contribution is 2.26. The number of alkyl carbamates (subject to hydrolysis) is 1. The molecule has 0 aromatic heterocycles. The van der Waals surface area contributed by atoms with Crippen LogP contribution in [0.1, 0.15) is 132 Å². The Morgan fingerprint density at radius 3 is 1.71 bits per heavy atom. The molecule has 15 atom stereocenters. The molecule has 34 nitrogen and oxygen atoms in total. The first-order valence-electron chi connectivity index (χ1n) is 35.1. The molecule has 584 valence electrons. The molecule has 1 aliphatic heterocycles. The molecule has 3 aromatic rings. The van der Waals surface area contributed by atoms with Crippen LogP contribution in [0.4, 0.5) is 4.79 Å². The number of nitrogens with zero attached hydrogens (tertiary/aromatic N) is 1. The zero-order valence-electron chi connectivity index (χ0n) is 61.9. The van der Waals surface area contributed by atoms with Gasteiger partial charge >= 0.3 is 12.1 Å². The summed E-state index contributed by atoms with van der Waals surface area (Å²) >= 11 is 0. The quantitative estimate of drug-likeness (QED) is 0.0189. The Balaban J connectivity index is 2.01. The van der Waals surface area contributed by atoms with Crippen molar-refractivity contribution in [1.82, 2.24) is 58.5 Å². The van der Waals surface area contributed by atoms with E-state index < -0.39 is 204 Å². The monoisotopic (exact) mass is 1490 g/mol. The molecule has 106 heavy (non-hydrogen) atoms. The van der Waals surface area contributed by atoms with Crippen LogP contribution in [0.25, 0.3) is 11.1 Å². The van der Waals surface area contributed by atoms with Crippen molar-refractivity contribution >= 4 is 83.0 Å². The van der Waals surface area contributed by atoms with E-state index in [2.05, 4.69) is 52.8 Å². The molecule has 1 fully saturated rings. The predicted molar refractivity (Wildman–Crippen MR) is 387 cm³/mol. The second kappa shape index (κ2) is 42.0. The molecule has 34 heteroatoms. The molecule has 0 aliphatic carbocycles. The van der Waals surface area contributed by atoms with Gasteiger partial charge in [-0.25, -0.2) is 9.59 Å². The van der Waals surface area contributed by atoms with E-state index in [0.717, 1.165) is 18.1 Å². The number of aliphatic hydroxyl groups excluding tert-OH is 4. The summed E-state index contributed by atoms with van der Waals surface area (Å²) in [6, 6.07) is 4.75. The van der Waals surface area contributed by atoms with Crippen molar-refractivity contribution in [2.75, 3.05) is 19.7 Å². The third-order valence-corrected chi connectivity index (χ3v) is 16.9. The number of nitrogens with two attached hydrogens (primary N) is 3. The van der Waals surface area contributed by atoms with E-state index in [1.807, 2.05) is 53.1 Å². The molecule has 0 radical (unpaired) electrons. The number of esters is 1. The minimum absolute atomic E-state index is 0.0238. The summed E-state index contributed by atoms with van der Waals surface area (Å²) in [7, 11) is 0. The predicted octanol–water partition coefficient (Wildman–Crippen LogP) is -2.01. The van der Waals surface area contributed by atoms with Crippen molar-refractivity contribution in [3.8, 4) is 11.1 Å². The number of primary amides is 1. The van der Waals surface area contributed by atoms with Gasteiger partial charge in [0.2, 0.25) is 65.0 Å². The molecule has 1 aliphatic rings. The zero-order chi connectivity index (χ0) is 79.4. The summed E-state index contributed by atoms with van der Waals surface area (Å²) in [6.45, 7) is 16.3. The lowest BCUT2D eigenvalue weighted by atomic mass is 9.95. The van der Waals surface area contributed by atoms with Gasteiger partial charge in [-0.05, 0) is 99.3 Å². The molecule has 1 saturated heterocycles. The third kappa shape index (κ3) is 28.3. The number of amides is 12. The molecular weight excluding hydrogens is 1380 g/mol. The number of aliphatic hydroxyl groups is 4. The van der Waals surface area contributed by atoms with Crippen molar-refractivity contribution in [1.29, 1.82) is 0 Å². The minimum Gasteiger partial charge on any atom is -0.453 e. The molecular formula is C72H107N15O19. The van der Waals surface area contributed by atoms with Crippen LogP contribution >= 0.6 is 0 Å². The van der Waals surface area contributed by atoms with Gasteiger partial charge in [-0.2, -0.15) is 0 Å². The first-order valence-corrected chi connectivity index (χ1v) is 35.1. The lowest BCUT2D eigenvalue weighted by molar-refractivity contribution is -0.159. The van der Waals surface area contributed by atoms with Crippen LogP contribution in [-0.4, -0.2) is 207 Å². The van der Waals surface area contributed by atoms with E-state index in [1.54, 1.807) is 74.4 Å². The molecule has 21 N–H and O–H groups in total. The number of carbonyl (C=O) groups excluding carboxylic acids is 13. The maximum absolute atomic E-state index is 15.7. The molecule has 0 bridgehead atoms.